The highest BCUT2D eigenvalue weighted by Gasteiger charge is 2.56. The summed E-state index contributed by atoms with van der Waals surface area (Å²) in [4.78, 5) is 40.0. The molecule has 5 fully saturated rings. The van der Waals surface area contributed by atoms with Gasteiger partial charge in [0.05, 0.1) is 5.41 Å². The third-order valence-electron chi connectivity index (χ3n) is 7.72. The molecule has 1 aromatic carbocycles. The molecular weight excluding hydrogens is 366 g/mol. The topological polar surface area (TPSA) is 92.5 Å². The summed E-state index contributed by atoms with van der Waals surface area (Å²) in [6.07, 6.45) is 8.50. The molecule has 29 heavy (non-hydrogen) atoms. The highest BCUT2D eigenvalue weighted by molar-refractivity contribution is 6.00. The Morgan fingerprint density at radius 1 is 1.03 bits per heavy atom. The molecule has 1 aromatic rings. The van der Waals surface area contributed by atoms with Crippen LogP contribution in [0.3, 0.4) is 0 Å². The molecule has 6 rings (SSSR count). The van der Waals surface area contributed by atoms with E-state index in [-0.39, 0.29) is 17.2 Å². The van der Waals surface area contributed by atoms with E-state index in [0.29, 0.717) is 42.0 Å². The Morgan fingerprint density at radius 2 is 1.69 bits per heavy atom. The van der Waals surface area contributed by atoms with Crippen molar-refractivity contribution in [2.24, 2.45) is 28.9 Å². The van der Waals surface area contributed by atoms with E-state index in [9.17, 15) is 14.4 Å². The Morgan fingerprint density at radius 3 is 2.31 bits per heavy atom. The van der Waals surface area contributed by atoms with Gasteiger partial charge in [0.2, 0.25) is 17.7 Å². The van der Waals surface area contributed by atoms with Gasteiger partial charge < -0.3 is 16.0 Å². The zero-order valence-corrected chi connectivity index (χ0v) is 16.7. The fraction of sp³-hybridized carbons (Fsp3) is 0.609. The molecule has 6 heteroatoms. The molecule has 3 amide bonds. The summed E-state index contributed by atoms with van der Waals surface area (Å²) in [5, 5.41) is 2.90. The molecule has 1 heterocycles. The molecule has 0 radical (unpaired) electrons. The molecule has 1 unspecified atom stereocenters. The number of hydrogen-bond acceptors (Lipinski definition) is 3. The normalized spacial score (nSPS) is 35.0. The molecule has 0 aromatic heterocycles. The summed E-state index contributed by atoms with van der Waals surface area (Å²) in [5.41, 5.74) is 6.02. The monoisotopic (exact) mass is 395 g/mol. The maximum Gasteiger partial charge on any atom is 0.248 e. The minimum absolute atomic E-state index is 0.165. The van der Waals surface area contributed by atoms with Crippen LogP contribution in [0, 0.1) is 23.2 Å². The number of benzene rings is 1. The van der Waals surface area contributed by atoms with Crippen LogP contribution in [0.5, 0.6) is 0 Å². The summed E-state index contributed by atoms with van der Waals surface area (Å²) in [5.74, 6) is 1.65. The van der Waals surface area contributed by atoms with Crippen LogP contribution in [0.25, 0.3) is 0 Å². The first-order valence-corrected chi connectivity index (χ1v) is 11.0. The minimum Gasteiger partial charge on any atom is -0.366 e. The van der Waals surface area contributed by atoms with Crippen LogP contribution in [0.2, 0.25) is 0 Å². The summed E-state index contributed by atoms with van der Waals surface area (Å²) >= 11 is 0. The quantitative estimate of drug-likeness (QED) is 0.821. The number of primary amides is 1. The number of likely N-dealkylation sites (tertiary alicyclic amines) is 1. The predicted octanol–water partition coefficient (Wildman–Crippen LogP) is 2.93. The van der Waals surface area contributed by atoms with Crippen molar-refractivity contribution < 1.29 is 14.4 Å². The van der Waals surface area contributed by atoms with Crippen LogP contribution in [-0.4, -0.2) is 35.2 Å². The van der Waals surface area contributed by atoms with Crippen molar-refractivity contribution in [1.29, 1.82) is 0 Å². The van der Waals surface area contributed by atoms with Crippen molar-refractivity contribution in [3.05, 3.63) is 29.8 Å². The lowest BCUT2D eigenvalue weighted by atomic mass is 9.49. The second-order valence-electron chi connectivity index (χ2n) is 9.79. The Balaban J connectivity index is 1.32. The van der Waals surface area contributed by atoms with Crippen LogP contribution in [-0.2, 0) is 9.59 Å². The lowest BCUT2D eigenvalue weighted by molar-refractivity contribution is -0.160. The van der Waals surface area contributed by atoms with Gasteiger partial charge in [0.15, 0.2) is 0 Å². The zero-order valence-electron chi connectivity index (χ0n) is 16.7. The average Bonchev–Trinajstić information content (AvgIpc) is 3.16. The van der Waals surface area contributed by atoms with Crippen molar-refractivity contribution in [2.75, 3.05) is 11.9 Å². The van der Waals surface area contributed by atoms with Crippen molar-refractivity contribution in [3.63, 3.8) is 0 Å². The van der Waals surface area contributed by atoms with E-state index in [1.165, 1.54) is 19.3 Å². The molecule has 154 valence electrons. The van der Waals surface area contributed by atoms with E-state index in [0.717, 1.165) is 25.7 Å². The van der Waals surface area contributed by atoms with Gasteiger partial charge in [-0.2, -0.15) is 0 Å². The van der Waals surface area contributed by atoms with Crippen molar-refractivity contribution in [1.82, 2.24) is 4.90 Å². The largest absolute Gasteiger partial charge is 0.366 e. The fourth-order valence-corrected chi connectivity index (χ4v) is 6.94. The zero-order chi connectivity index (χ0) is 20.2. The van der Waals surface area contributed by atoms with Crippen LogP contribution < -0.4 is 11.1 Å². The highest BCUT2D eigenvalue weighted by atomic mass is 16.2. The summed E-state index contributed by atoms with van der Waals surface area (Å²) in [7, 11) is 0. The second kappa shape index (κ2) is 6.85. The van der Waals surface area contributed by atoms with E-state index in [1.54, 1.807) is 24.3 Å². The van der Waals surface area contributed by atoms with Gasteiger partial charge in [-0.3, -0.25) is 14.4 Å². The standard InChI is InChI=1S/C23H29N3O3/c24-20(27)17-3-1-4-18(10-17)25-21(28)19-5-2-6-26(19)22(29)23-11-14-7-15(12-23)9-16(8-14)13-23/h1,3-4,10,14-16,19H,2,5-9,11-13H2,(H2,24,27)(H,25,28). The molecule has 1 aliphatic heterocycles. The maximum absolute atomic E-state index is 13.7. The molecule has 3 N–H and O–H groups in total. The molecule has 1 saturated heterocycles. The van der Waals surface area contributed by atoms with Crippen LogP contribution in [0.15, 0.2) is 24.3 Å². The second-order valence-corrected chi connectivity index (χ2v) is 9.79. The SMILES string of the molecule is NC(=O)c1cccc(NC(=O)C2CCCN2C(=O)C23CC4CC(CC(C4)C2)C3)c1. The lowest BCUT2D eigenvalue weighted by Crippen LogP contribution is -2.56. The lowest BCUT2D eigenvalue weighted by Gasteiger charge is -2.56. The van der Waals surface area contributed by atoms with Gasteiger partial charge in [-0.25, -0.2) is 0 Å². The van der Waals surface area contributed by atoms with Crippen LogP contribution in [0.4, 0.5) is 5.69 Å². The van der Waals surface area contributed by atoms with Crippen molar-refractivity contribution >= 4 is 23.4 Å². The number of anilines is 1. The van der Waals surface area contributed by atoms with Gasteiger partial charge in [-0.15, -0.1) is 0 Å². The smallest absolute Gasteiger partial charge is 0.248 e. The number of nitrogens with zero attached hydrogens (tertiary/aromatic N) is 1. The third-order valence-corrected chi connectivity index (χ3v) is 7.72. The van der Waals surface area contributed by atoms with Crippen molar-refractivity contribution in [3.8, 4) is 0 Å². The van der Waals surface area contributed by atoms with Gasteiger partial charge >= 0.3 is 0 Å². The summed E-state index contributed by atoms with van der Waals surface area (Å²) in [6.45, 7) is 0.667. The molecule has 6 nitrogen and oxygen atoms in total. The van der Waals surface area contributed by atoms with E-state index >= 15 is 0 Å². The number of nitrogens with one attached hydrogen (secondary N) is 1. The summed E-state index contributed by atoms with van der Waals surface area (Å²) < 4.78 is 0. The minimum atomic E-state index is -0.527. The molecule has 4 saturated carbocycles. The fourth-order valence-electron chi connectivity index (χ4n) is 6.94. The first kappa shape index (κ1) is 18.6. The first-order valence-electron chi connectivity index (χ1n) is 11.0. The average molecular weight is 396 g/mol. The number of amides is 3. The van der Waals surface area contributed by atoms with Crippen LogP contribution in [0.1, 0.15) is 61.7 Å². The first-order chi connectivity index (χ1) is 13.9. The van der Waals surface area contributed by atoms with E-state index < -0.39 is 11.9 Å². The summed E-state index contributed by atoms with van der Waals surface area (Å²) in [6, 6.07) is 6.22. The van der Waals surface area contributed by atoms with Gasteiger partial charge in [0, 0.05) is 17.8 Å². The molecule has 0 spiro atoms. The molecule has 4 bridgehead atoms. The molecule has 5 aliphatic rings. The van der Waals surface area contributed by atoms with Crippen molar-refractivity contribution in [2.45, 2.75) is 57.4 Å². The predicted molar refractivity (Wildman–Crippen MR) is 109 cm³/mol. The molecular formula is C23H29N3O3. The number of nitrogens with two attached hydrogens (primary N) is 1. The van der Waals surface area contributed by atoms with E-state index in [4.69, 9.17) is 5.73 Å². The third kappa shape index (κ3) is 3.22. The maximum atomic E-state index is 13.7. The van der Waals surface area contributed by atoms with Gasteiger partial charge in [0.1, 0.15) is 6.04 Å². The molecule has 1 atom stereocenters. The van der Waals surface area contributed by atoms with E-state index in [1.807, 2.05) is 4.90 Å². The Kier molecular flexibility index (Phi) is 4.41. The number of hydrogen-bond donors (Lipinski definition) is 2. The Hall–Kier alpha value is -2.37. The van der Waals surface area contributed by atoms with Gasteiger partial charge in [0.25, 0.3) is 0 Å². The highest BCUT2D eigenvalue weighted by Crippen LogP contribution is 2.60. The van der Waals surface area contributed by atoms with Gasteiger partial charge in [-0.05, 0) is 87.3 Å². The Labute approximate surface area is 171 Å². The number of carbonyl (C=O) groups is 3. The number of carbonyl (C=O) groups excluding carboxylic acids is 3. The molecule has 4 aliphatic carbocycles. The number of rotatable bonds is 4. The Bertz CT molecular complexity index is 829. The van der Waals surface area contributed by atoms with Gasteiger partial charge in [-0.1, -0.05) is 6.07 Å². The van der Waals surface area contributed by atoms with E-state index in [2.05, 4.69) is 5.32 Å². The van der Waals surface area contributed by atoms with Crippen LogP contribution >= 0.6 is 0 Å².